The lowest BCUT2D eigenvalue weighted by Gasteiger charge is -2.26. The van der Waals surface area contributed by atoms with E-state index >= 15 is 0 Å². The van der Waals surface area contributed by atoms with E-state index in [0.717, 1.165) is 49.3 Å². The van der Waals surface area contributed by atoms with Crippen molar-refractivity contribution in [1.82, 2.24) is 14.9 Å². The minimum atomic E-state index is 0.122. The maximum Gasteiger partial charge on any atom is 0.226 e. The Kier molecular flexibility index (Phi) is 4.13. The van der Waals surface area contributed by atoms with Crippen molar-refractivity contribution in [3.63, 3.8) is 0 Å². The number of hydrogen-bond acceptors (Lipinski definition) is 2. The van der Waals surface area contributed by atoms with Crippen LogP contribution in [0.1, 0.15) is 56.0 Å². The van der Waals surface area contributed by atoms with Gasteiger partial charge in [-0.15, -0.1) is 0 Å². The molecule has 1 aliphatic carbocycles. The predicted octanol–water partition coefficient (Wildman–Crippen LogP) is 4.24. The molecule has 1 aromatic carbocycles. The van der Waals surface area contributed by atoms with Gasteiger partial charge in [-0.25, -0.2) is 4.98 Å². The van der Waals surface area contributed by atoms with Crippen LogP contribution in [0.15, 0.2) is 30.5 Å². The van der Waals surface area contributed by atoms with Crippen molar-refractivity contribution in [3.05, 3.63) is 41.9 Å². The van der Waals surface area contributed by atoms with Gasteiger partial charge in [0.15, 0.2) is 0 Å². The Balaban J connectivity index is 1.55. The Hall–Kier alpha value is -2.10. The van der Waals surface area contributed by atoms with Gasteiger partial charge in [-0.3, -0.25) is 4.79 Å². The van der Waals surface area contributed by atoms with Crippen LogP contribution >= 0.6 is 0 Å². The molecule has 1 aliphatic heterocycles. The molecule has 4 rings (SSSR count). The summed E-state index contributed by atoms with van der Waals surface area (Å²) >= 11 is 0. The van der Waals surface area contributed by atoms with Crippen LogP contribution in [0.2, 0.25) is 0 Å². The third-order valence-corrected chi connectivity index (χ3v) is 5.48. The van der Waals surface area contributed by atoms with Crippen molar-refractivity contribution < 1.29 is 4.79 Å². The fraction of sp³-hybridized carbons (Fsp3) is 0.500. The van der Waals surface area contributed by atoms with E-state index in [1.165, 1.54) is 18.4 Å². The van der Waals surface area contributed by atoms with Gasteiger partial charge >= 0.3 is 0 Å². The van der Waals surface area contributed by atoms with Crippen LogP contribution in [0, 0.1) is 12.8 Å². The number of aromatic amines is 1. The van der Waals surface area contributed by atoms with Gasteiger partial charge in [0.25, 0.3) is 0 Å². The molecule has 1 N–H and O–H groups in total. The summed E-state index contributed by atoms with van der Waals surface area (Å²) in [6, 6.07) is 8.54. The minimum absolute atomic E-state index is 0.122. The van der Waals surface area contributed by atoms with Crippen molar-refractivity contribution in [2.24, 2.45) is 5.92 Å². The highest BCUT2D eigenvalue weighted by molar-refractivity contribution is 5.79. The number of aromatic nitrogens is 2. The molecule has 1 unspecified atom stereocenters. The maximum atomic E-state index is 12.8. The maximum absolute atomic E-state index is 12.8. The van der Waals surface area contributed by atoms with E-state index in [4.69, 9.17) is 0 Å². The second-order valence-electron chi connectivity index (χ2n) is 7.22. The van der Waals surface area contributed by atoms with E-state index in [0.29, 0.717) is 5.91 Å². The fourth-order valence-electron chi connectivity index (χ4n) is 4.19. The lowest BCUT2D eigenvalue weighted by molar-refractivity contribution is -0.136. The third kappa shape index (κ3) is 2.85. The topological polar surface area (TPSA) is 49.0 Å². The molecule has 1 saturated carbocycles. The number of imidazole rings is 1. The Morgan fingerprint density at radius 1 is 1.21 bits per heavy atom. The lowest BCUT2D eigenvalue weighted by atomic mass is 10.1. The summed E-state index contributed by atoms with van der Waals surface area (Å²) in [5.41, 5.74) is 3.43. The van der Waals surface area contributed by atoms with Crippen LogP contribution in [-0.4, -0.2) is 27.3 Å². The van der Waals surface area contributed by atoms with Crippen LogP contribution in [-0.2, 0) is 4.79 Å². The molecule has 2 aliphatic rings. The molecule has 1 amide bonds. The summed E-state index contributed by atoms with van der Waals surface area (Å²) in [6.07, 6.45) is 8.52. The minimum Gasteiger partial charge on any atom is -0.340 e. The highest BCUT2D eigenvalue weighted by Crippen LogP contribution is 2.35. The van der Waals surface area contributed by atoms with Gasteiger partial charge in [0, 0.05) is 12.5 Å². The average Bonchev–Trinajstić information content (AvgIpc) is 3.33. The summed E-state index contributed by atoms with van der Waals surface area (Å²) in [4.78, 5) is 23.0. The molecule has 1 saturated heterocycles. The number of H-pyrrole nitrogens is 1. The number of likely N-dealkylation sites (tertiary alicyclic amines) is 1. The summed E-state index contributed by atoms with van der Waals surface area (Å²) < 4.78 is 0. The first-order chi connectivity index (χ1) is 11.7. The number of benzene rings is 1. The summed E-state index contributed by atoms with van der Waals surface area (Å²) in [6.45, 7) is 2.97. The van der Waals surface area contributed by atoms with Gasteiger partial charge in [0.05, 0.1) is 17.9 Å². The molecule has 0 bridgehead atoms. The molecule has 1 aromatic heterocycles. The van der Waals surface area contributed by atoms with E-state index in [2.05, 4.69) is 46.1 Å². The average molecular weight is 323 g/mol. The fourth-order valence-corrected chi connectivity index (χ4v) is 4.19. The first kappa shape index (κ1) is 15.4. The van der Waals surface area contributed by atoms with Gasteiger partial charge in [-0.05, 0) is 44.2 Å². The molecule has 1 atom stereocenters. The number of rotatable bonds is 3. The largest absolute Gasteiger partial charge is 0.340 e. The SMILES string of the molecule is Cc1cccc(-c2cnc(C3CCCN3C(=O)C3CCCC3)[nH]2)c1. The zero-order valence-electron chi connectivity index (χ0n) is 14.3. The van der Waals surface area contributed by atoms with Gasteiger partial charge in [0.2, 0.25) is 5.91 Å². The van der Waals surface area contributed by atoms with Crippen molar-refractivity contribution in [2.75, 3.05) is 6.54 Å². The standard InChI is InChI=1S/C20H25N3O/c1-14-6-4-9-16(12-14)17-13-21-19(22-17)18-10-5-11-23(18)20(24)15-7-2-3-8-15/h4,6,9,12-13,15,18H,2-3,5,7-8,10-11H2,1H3,(H,21,22). The second-order valence-corrected chi connectivity index (χ2v) is 7.22. The first-order valence-corrected chi connectivity index (χ1v) is 9.15. The number of nitrogens with one attached hydrogen (secondary N) is 1. The van der Waals surface area contributed by atoms with Gasteiger partial charge in [-0.1, -0.05) is 36.6 Å². The molecule has 4 nitrogen and oxygen atoms in total. The molecule has 4 heteroatoms. The van der Waals surface area contributed by atoms with E-state index in [9.17, 15) is 4.79 Å². The Bertz CT molecular complexity index is 730. The molecular formula is C20H25N3O. The second kappa shape index (κ2) is 6.42. The molecule has 2 aromatic rings. The van der Waals surface area contributed by atoms with Crippen LogP contribution in [0.25, 0.3) is 11.3 Å². The van der Waals surface area contributed by atoms with Crippen molar-refractivity contribution in [3.8, 4) is 11.3 Å². The monoisotopic (exact) mass is 323 g/mol. The molecule has 0 radical (unpaired) electrons. The first-order valence-electron chi connectivity index (χ1n) is 9.15. The van der Waals surface area contributed by atoms with E-state index in [1.807, 2.05) is 6.20 Å². The van der Waals surface area contributed by atoms with Gasteiger partial charge in [0.1, 0.15) is 5.82 Å². The zero-order valence-corrected chi connectivity index (χ0v) is 14.3. The number of aryl methyl sites for hydroxylation is 1. The number of nitrogens with zero attached hydrogens (tertiary/aromatic N) is 2. The van der Waals surface area contributed by atoms with Crippen LogP contribution in [0.5, 0.6) is 0 Å². The van der Waals surface area contributed by atoms with Crippen molar-refractivity contribution >= 4 is 5.91 Å². The molecule has 2 fully saturated rings. The highest BCUT2D eigenvalue weighted by Gasteiger charge is 2.36. The van der Waals surface area contributed by atoms with Gasteiger partial charge < -0.3 is 9.88 Å². The molecular weight excluding hydrogens is 298 g/mol. The number of amides is 1. The van der Waals surface area contributed by atoms with E-state index in [-0.39, 0.29) is 12.0 Å². The summed E-state index contributed by atoms with van der Waals surface area (Å²) in [5, 5.41) is 0. The zero-order chi connectivity index (χ0) is 16.5. The highest BCUT2D eigenvalue weighted by atomic mass is 16.2. The molecule has 24 heavy (non-hydrogen) atoms. The Morgan fingerprint density at radius 3 is 2.83 bits per heavy atom. The predicted molar refractivity (Wildman–Crippen MR) is 94.4 cm³/mol. The lowest BCUT2D eigenvalue weighted by Crippen LogP contribution is -2.35. The molecule has 126 valence electrons. The Morgan fingerprint density at radius 2 is 2.04 bits per heavy atom. The number of carbonyl (C=O) groups is 1. The number of carbonyl (C=O) groups excluding carboxylic acids is 1. The van der Waals surface area contributed by atoms with Crippen molar-refractivity contribution in [2.45, 2.75) is 51.5 Å². The van der Waals surface area contributed by atoms with E-state index < -0.39 is 0 Å². The van der Waals surface area contributed by atoms with Crippen LogP contribution < -0.4 is 0 Å². The van der Waals surface area contributed by atoms with E-state index in [1.54, 1.807) is 0 Å². The molecule has 2 heterocycles. The quantitative estimate of drug-likeness (QED) is 0.918. The molecule has 0 spiro atoms. The smallest absolute Gasteiger partial charge is 0.226 e. The van der Waals surface area contributed by atoms with Crippen molar-refractivity contribution in [1.29, 1.82) is 0 Å². The van der Waals surface area contributed by atoms with Gasteiger partial charge in [-0.2, -0.15) is 0 Å². The number of hydrogen-bond donors (Lipinski definition) is 1. The summed E-state index contributed by atoms with van der Waals surface area (Å²) in [7, 11) is 0. The summed E-state index contributed by atoms with van der Waals surface area (Å²) in [5.74, 6) is 1.54. The Labute approximate surface area is 143 Å². The normalized spacial score (nSPS) is 21.5. The third-order valence-electron chi connectivity index (χ3n) is 5.48. The van der Waals surface area contributed by atoms with Crippen LogP contribution in [0.4, 0.5) is 0 Å². The van der Waals surface area contributed by atoms with Crippen LogP contribution in [0.3, 0.4) is 0 Å².